The van der Waals surface area contributed by atoms with Crippen LogP contribution in [0.2, 0.25) is 0 Å². The van der Waals surface area contributed by atoms with Crippen LogP contribution in [0, 0.1) is 6.92 Å². The molecule has 0 atom stereocenters. The highest BCUT2D eigenvalue weighted by Gasteiger charge is 2.14. The molecule has 0 aliphatic heterocycles. The monoisotopic (exact) mass is 306 g/mol. The molecule has 0 aromatic heterocycles. The zero-order chi connectivity index (χ0) is 14.7. The summed E-state index contributed by atoms with van der Waals surface area (Å²) in [7, 11) is -6.91. The molecule has 0 saturated heterocycles. The maximum Gasteiger partial charge on any atom is 0.212 e. The maximum absolute atomic E-state index is 11.6. The summed E-state index contributed by atoms with van der Waals surface area (Å²) in [6.07, 6.45) is 1.00. The van der Waals surface area contributed by atoms with Crippen LogP contribution in [0.3, 0.4) is 0 Å². The minimum Gasteiger partial charge on any atom is -0.399 e. The SMILES string of the molecule is Cc1c(N)cccc1CNS(=O)(=O)CCS(C)(=O)=O. The molecule has 3 N–H and O–H groups in total. The number of sulfonamides is 1. The van der Waals surface area contributed by atoms with E-state index in [2.05, 4.69) is 4.72 Å². The standard InChI is InChI=1S/C11H18N2O4S2/c1-9-10(4-3-5-11(9)12)8-13-19(16,17)7-6-18(2,14)15/h3-5,13H,6-8,12H2,1-2H3. The Morgan fingerprint density at radius 1 is 1.16 bits per heavy atom. The third-order valence-corrected chi connectivity index (χ3v) is 5.22. The van der Waals surface area contributed by atoms with Gasteiger partial charge in [0.25, 0.3) is 0 Å². The lowest BCUT2D eigenvalue weighted by atomic mass is 10.1. The Morgan fingerprint density at radius 2 is 1.79 bits per heavy atom. The van der Waals surface area contributed by atoms with Gasteiger partial charge in [0, 0.05) is 18.5 Å². The van der Waals surface area contributed by atoms with Crippen molar-refractivity contribution < 1.29 is 16.8 Å². The Balaban J connectivity index is 2.68. The molecule has 1 rings (SSSR count). The van der Waals surface area contributed by atoms with E-state index < -0.39 is 31.4 Å². The van der Waals surface area contributed by atoms with Crippen molar-refractivity contribution in [3.63, 3.8) is 0 Å². The molecule has 0 heterocycles. The van der Waals surface area contributed by atoms with Gasteiger partial charge in [-0.15, -0.1) is 0 Å². The molecule has 0 saturated carbocycles. The predicted molar refractivity (Wildman–Crippen MR) is 75.9 cm³/mol. The molecule has 1 aromatic carbocycles. The molecule has 108 valence electrons. The van der Waals surface area contributed by atoms with Crippen LogP contribution in [0.25, 0.3) is 0 Å². The topological polar surface area (TPSA) is 106 Å². The Labute approximate surface area is 114 Å². The summed E-state index contributed by atoms with van der Waals surface area (Å²) in [4.78, 5) is 0. The first-order valence-corrected chi connectivity index (χ1v) is 9.31. The van der Waals surface area contributed by atoms with E-state index in [1.54, 1.807) is 25.1 Å². The highest BCUT2D eigenvalue weighted by Crippen LogP contribution is 2.15. The molecule has 0 unspecified atom stereocenters. The second-order valence-electron chi connectivity index (χ2n) is 4.40. The molecule has 8 heteroatoms. The van der Waals surface area contributed by atoms with Crippen molar-refractivity contribution >= 4 is 25.5 Å². The highest BCUT2D eigenvalue weighted by atomic mass is 32.2. The number of hydrogen-bond acceptors (Lipinski definition) is 5. The normalized spacial score (nSPS) is 12.5. The molecule has 0 bridgehead atoms. The van der Waals surface area contributed by atoms with Crippen LogP contribution in [0.15, 0.2) is 18.2 Å². The highest BCUT2D eigenvalue weighted by molar-refractivity contribution is 7.93. The van der Waals surface area contributed by atoms with Crippen molar-refractivity contribution in [1.29, 1.82) is 0 Å². The van der Waals surface area contributed by atoms with E-state index in [1.165, 1.54) is 0 Å². The van der Waals surface area contributed by atoms with E-state index in [9.17, 15) is 16.8 Å². The molecule has 0 aliphatic carbocycles. The van der Waals surface area contributed by atoms with Crippen LogP contribution in [-0.2, 0) is 26.4 Å². The number of anilines is 1. The number of nitrogen functional groups attached to an aromatic ring is 1. The smallest absolute Gasteiger partial charge is 0.212 e. The Bertz CT molecular complexity index is 651. The number of hydrogen-bond donors (Lipinski definition) is 2. The summed E-state index contributed by atoms with van der Waals surface area (Å²) in [5.74, 6) is -0.828. The minimum atomic E-state index is -3.61. The number of benzene rings is 1. The van der Waals surface area contributed by atoms with Crippen LogP contribution >= 0.6 is 0 Å². The predicted octanol–water partition coefficient (Wildman–Crippen LogP) is 0.0412. The molecule has 0 spiro atoms. The number of sulfone groups is 1. The van der Waals surface area contributed by atoms with Gasteiger partial charge in [-0.05, 0) is 24.1 Å². The van der Waals surface area contributed by atoms with E-state index >= 15 is 0 Å². The van der Waals surface area contributed by atoms with Gasteiger partial charge in [0.05, 0.1) is 11.5 Å². The Morgan fingerprint density at radius 3 is 2.37 bits per heavy atom. The van der Waals surface area contributed by atoms with E-state index in [0.29, 0.717) is 5.69 Å². The number of nitrogens with one attached hydrogen (secondary N) is 1. The fourth-order valence-corrected chi connectivity index (χ4v) is 4.02. The number of nitrogens with two attached hydrogens (primary N) is 1. The molecule has 6 nitrogen and oxygen atoms in total. The van der Waals surface area contributed by atoms with Crippen molar-refractivity contribution in [2.24, 2.45) is 0 Å². The van der Waals surface area contributed by atoms with Gasteiger partial charge >= 0.3 is 0 Å². The van der Waals surface area contributed by atoms with Gasteiger partial charge in [-0.1, -0.05) is 12.1 Å². The largest absolute Gasteiger partial charge is 0.399 e. The maximum atomic E-state index is 11.6. The van der Waals surface area contributed by atoms with Gasteiger partial charge in [-0.3, -0.25) is 0 Å². The summed E-state index contributed by atoms with van der Waals surface area (Å²) in [5.41, 5.74) is 7.89. The van der Waals surface area contributed by atoms with E-state index in [1.807, 2.05) is 0 Å². The third-order valence-electron chi connectivity index (χ3n) is 2.69. The average molecular weight is 306 g/mol. The van der Waals surface area contributed by atoms with Gasteiger partial charge < -0.3 is 5.73 Å². The lowest BCUT2D eigenvalue weighted by Crippen LogP contribution is -2.29. The van der Waals surface area contributed by atoms with Crippen molar-refractivity contribution in [3.8, 4) is 0 Å². The first-order chi connectivity index (χ1) is 8.61. The summed E-state index contributed by atoms with van der Waals surface area (Å²) < 4.78 is 47.5. The molecular weight excluding hydrogens is 288 g/mol. The van der Waals surface area contributed by atoms with Crippen LogP contribution in [-0.4, -0.2) is 34.6 Å². The van der Waals surface area contributed by atoms with Crippen molar-refractivity contribution in [2.75, 3.05) is 23.5 Å². The molecule has 1 aromatic rings. The second-order valence-corrected chi connectivity index (χ2v) is 8.59. The third kappa shape index (κ3) is 5.58. The van der Waals surface area contributed by atoms with Crippen LogP contribution in [0.4, 0.5) is 5.69 Å². The Kier molecular flexibility index (Phi) is 4.94. The minimum absolute atomic E-state index is 0.100. The number of rotatable bonds is 6. The van der Waals surface area contributed by atoms with Crippen LogP contribution in [0.1, 0.15) is 11.1 Å². The zero-order valence-corrected chi connectivity index (χ0v) is 12.5. The van der Waals surface area contributed by atoms with Gasteiger partial charge in [0.2, 0.25) is 10.0 Å². The molecule has 0 radical (unpaired) electrons. The quantitative estimate of drug-likeness (QED) is 0.722. The summed E-state index contributed by atoms with van der Waals surface area (Å²) in [6, 6.07) is 5.24. The van der Waals surface area contributed by atoms with Gasteiger partial charge in [-0.25, -0.2) is 21.6 Å². The van der Waals surface area contributed by atoms with Crippen molar-refractivity contribution in [1.82, 2.24) is 4.72 Å². The van der Waals surface area contributed by atoms with Crippen LogP contribution in [0.5, 0.6) is 0 Å². The average Bonchev–Trinajstić information content (AvgIpc) is 2.28. The first-order valence-electron chi connectivity index (χ1n) is 5.60. The van der Waals surface area contributed by atoms with Crippen LogP contribution < -0.4 is 10.5 Å². The van der Waals surface area contributed by atoms with Crippen molar-refractivity contribution in [3.05, 3.63) is 29.3 Å². The molecule has 0 fully saturated rings. The van der Waals surface area contributed by atoms with Gasteiger partial charge in [-0.2, -0.15) is 0 Å². The lowest BCUT2D eigenvalue weighted by molar-refractivity contribution is 0.578. The van der Waals surface area contributed by atoms with Crippen molar-refractivity contribution in [2.45, 2.75) is 13.5 Å². The molecular formula is C11H18N2O4S2. The van der Waals surface area contributed by atoms with Gasteiger partial charge in [0.1, 0.15) is 9.84 Å². The zero-order valence-electron chi connectivity index (χ0n) is 10.9. The second kappa shape index (κ2) is 5.89. The fourth-order valence-electron chi connectivity index (χ4n) is 1.42. The molecule has 0 aliphatic rings. The molecule has 19 heavy (non-hydrogen) atoms. The van der Waals surface area contributed by atoms with E-state index in [4.69, 9.17) is 5.73 Å². The van der Waals surface area contributed by atoms with Gasteiger partial charge in [0.15, 0.2) is 0 Å². The summed E-state index contributed by atoms with van der Waals surface area (Å²) >= 11 is 0. The lowest BCUT2D eigenvalue weighted by Gasteiger charge is -2.10. The Hall–Kier alpha value is -1.12. The first kappa shape index (κ1) is 15.9. The summed E-state index contributed by atoms with van der Waals surface area (Å²) in [5, 5.41) is 0. The summed E-state index contributed by atoms with van der Waals surface area (Å²) in [6.45, 7) is 1.90. The van der Waals surface area contributed by atoms with E-state index in [-0.39, 0.29) is 6.54 Å². The fraction of sp³-hybridized carbons (Fsp3) is 0.455. The van der Waals surface area contributed by atoms with E-state index in [0.717, 1.165) is 17.4 Å². The molecule has 0 amide bonds.